The Hall–Kier alpha value is -1.71. The summed E-state index contributed by atoms with van der Waals surface area (Å²) in [5.74, 6) is -0.534. The van der Waals surface area contributed by atoms with Crippen LogP contribution in [0.1, 0.15) is 43.2 Å². The number of hydrogen-bond donors (Lipinski definition) is 2. The second-order valence-electron chi connectivity index (χ2n) is 5.31. The molecule has 1 aromatic rings. The molecule has 0 saturated heterocycles. The van der Waals surface area contributed by atoms with E-state index in [-0.39, 0.29) is 5.75 Å². The van der Waals surface area contributed by atoms with Gasteiger partial charge in [0.05, 0.1) is 12.5 Å². The molecule has 1 saturated carbocycles. The summed E-state index contributed by atoms with van der Waals surface area (Å²) in [5.41, 5.74) is 0.425. The molecule has 104 valence electrons. The molecule has 0 spiro atoms. The number of hydrogen-bond acceptors (Lipinski definition) is 3. The SMILES string of the molecule is COc1cc(C)cc(C2(C(=O)O)CCCCC2)c1O. The molecule has 2 N–H and O–H groups in total. The number of aryl methyl sites for hydroxylation is 1. The highest BCUT2D eigenvalue weighted by atomic mass is 16.5. The molecule has 1 fully saturated rings. The molecular weight excluding hydrogens is 244 g/mol. The Morgan fingerprint density at radius 1 is 1.26 bits per heavy atom. The number of methoxy groups -OCH3 is 1. The predicted molar refractivity (Wildman–Crippen MR) is 71.8 cm³/mol. The highest BCUT2D eigenvalue weighted by Gasteiger charge is 2.43. The molecular formula is C15H20O4. The summed E-state index contributed by atoms with van der Waals surface area (Å²) in [6, 6.07) is 3.49. The van der Waals surface area contributed by atoms with Crippen molar-refractivity contribution in [3.05, 3.63) is 23.3 Å². The maximum absolute atomic E-state index is 11.8. The van der Waals surface area contributed by atoms with Gasteiger partial charge in [-0.1, -0.05) is 25.3 Å². The molecule has 0 aliphatic heterocycles. The van der Waals surface area contributed by atoms with Gasteiger partial charge in [-0.05, 0) is 31.4 Å². The first-order valence-electron chi connectivity index (χ1n) is 6.63. The van der Waals surface area contributed by atoms with Gasteiger partial charge in [0.15, 0.2) is 11.5 Å². The summed E-state index contributed by atoms with van der Waals surface area (Å²) < 4.78 is 5.14. The first-order chi connectivity index (χ1) is 9.01. The zero-order chi connectivity index (χ0) is 14.0. The van der Waals surface area contributed by atoms with E-state index in [0.29, 0.717) is 24.2 Å². The summed E-state index contributed by atoms with van der Waals surface area (Å²) in [6.45, 7) is 1.88. The van der Waals surface area contributed by atoms with Crippen LogP contribution >= 0.6 is 0 Å². The molecule has 1 aromatic carbocycles. The van der Waals surface area contributed by atoms with Crippen molar-refractivity contribution in [3.63, 3.8) is 0 Å². The minimum absolute atomic E-state index is 0.0302. The third-order valence-electron chi connectivity index (χ3n) is 4.07. The fourth-order valence-electron chi connectivity index (χ4n) is 3.02. The van der Waals surface area contributed by atoms with Gasteiger partial charge in [0.25, 0.3) is 0 Å². The lowest BCUT2D eigenvalue weighted by molar-refractivity contribution is -0.145. The van der Waals surface area contributed by atoms with Crippen molar-refractivity contribution >= 4 is 5.97 Å². The fourth-order valence-corrected chi connectivity index (χ4v) is 3.02. The fraction of sp³-hybridized carbons (Fsp3) is 0.533. The summed E-state index contributed by atoms with van der Waals surface area (Å²) in [5, 5.41) is 20.0. The van der Waals surface area contributed by atoms with E-state index < -0.39 is 11.4 Å². The minimum Gasteiger partial charge on any atom is -0.504 e. The van der Waals surface area contributed by atoms with Gasteiger partial charge in [-0.2, -0.15) is 0 Å². The Balaban J connectivity index is 2.59. The minimum atomic E-state index is -0.971. The maximum Gasteiger partial charge on any atom is 0.314 e. The third kappa shape index (κ3) is 2.27. The zero-order valence-corrected chi connectivity index (χ0v) is 11.4. The Morgan fingerprint density at radius 2 is 1.89 bits per heavy atom. The molecule has 4 nitrogen and oxygen atoms in total. The molecule has 0 aromatic heterocycles. The lowest BCUT2D eigenvalue weighted by Gasteiger charge is -2.34. The van der Waals surface area contributed by atoms with Crippen molar-refractivity contribution < 1.29 is 19.7 Å². The summed E-state index contributed by atoms with van der Waals surface area (Å²) >= 11 is 0. The van der Waals surface area contributed by atoms with Crippen LogP contribution in [-0.4, -0.2) is 23.3 Å². The van der Waals surface area contributed by atoms with E-state index in [9.17, 15) is 15.0 Å². The second kappa shape index (κ2) is 5.11. The lowest BCUT2D eigenvalue weighted by Crippen LogP contribution is -2.38. The van der Waals surface area contributed by atoms with Crippen LogP contribution in [0.5, 0.6) is 11.5 Å². The quantitative estimate of drug-likeness (QED) is 0.880. The monoisotopic (exact) mass is 264 g/mol. The molecule has 0 heterocycles. The van der Waals surface area contributed by atoms with E-state index >= 15 is 0 Å². The average molecular weight is 264 g/mol. The van der Waals surface area contributed by atoms with Crippen molar-refractivity contribution in [3.8, 4) is 11.5 Å². The van der Waals surface area contributed by atoms with E-state index in [1.54, 1.807) is 12.1 Å². The van der Waals surface area contributed by atoms with Crippen molar-refractivity contribution in [2.24, 2.45) is 0 Å². The highest BCUT2D eigenvalue weighted by molar-refractivity contribution is 5.83. The number of benzene rings is 1. The van der Waals surface area contributed by atoms with E-state index in [4.69, 9.17) is 4.74 Å². The smallest absolute Gasteiger partial charge is 0.314 e. The van der Waals surface area contributed by atoms with Gasteiger partial charge in [-0.15, -0.1) is 0 Å². The molecule has 2 rings (SSSR count). The Labute approximate surface area is 113 Å². The molecule has 0 atom stereocenters. The van der Waals surface area contributed by atoms with Crippen LogP contribution in [0.4, 0.5) is 0 Å². The van der Waals surface area contributed by atoms with Crippen LogP contribution in [0.25, 0.3) is 0 Å². The standard InChI is InChI=1S/C15H20O4/c1-10-8-11(13(16)12(9-10)19-2)15(14(17)18)6-4-3-5-7-15/h8-9,16H,3-7H2,1-2H3,(H,17,18). The molecule has 1 aliphatic carbocycles. The molecule has 0 amide bonds. The maximum atomic E-state index is 11.8. The number of rotatable bonds is 3. The number of phenols is 1. The van der Waals surface area contributed by atoms with Crippen LogP contribution in [0.2, 0.25) is 0 Å². The van der Waals surface area contributed by atoms with Gasteiger partial charge < -0.3 is 14.9 Å². The van der Waals surface area contributed by atoms with Crippen molar-refractivity contribution in [2.75, 3.05) is 7.11 Å². The van der Waals surface area contributed by atoms with E-state index in [0.717, 1.165) is 24.8 Å². The Morgan fingerprint density at radius 3 is 2.42 bits per heavy atom. The van der Waals surface area contributed by atoms with Gasteiger partial charge in [-0.25, -0.2) is 0 Å². The number of carboxylic acid groups (broad SMARTS) is 1. The predicted octanol–water partition coefficient (Wildman–Crippen LogP) is 3.00. The summed E-state index contributed by atoms with van der Waals surface area (Å²) in [7, 11) is 1.48. The molecule has 1 aliphatic rings. The molecule has 0 unspecified atom stereocenters. The van der Waals surface area contributed by atoms with Gasteiger partial charge in [0, 0.05) is 5.56 Å². The van der Waals surface area contributed by atoms with E-state index in [1.807, 2.05) is 6.92 Å². The first kappa shape index (κ1) is 13.7. The molecule has 0 radical (unpaired) electrons. The van der Waals surface area contributed by atoms with Gasteiger partial charge in [-0.3, -0.25) is 4.79 Å². The number of phenolic OH excluding ortho intramolecular Hbond substituents is 1. The third-order valence-corrected chi connectivity index (χ3v) is 4.07. The number of aliphatic carboxylic acids is 1. The van der Waals surface area contributed by atoms with Gasteiger partial charge >= 0.3 is 5.97 Å². The summed E-state index contributed by atoms with van der Waals surface area (Å²) in [6.07, 6.45) is 3.95. The lowest BCUT2D eigenvalue weighted by atomic mass is 9.69. The highest BCUT2D eigenvalue weighted by Crippen LogP contribution is 2.46. The largest absolute Gasteiger partial charge is 0.504 e. The molecule has 4 heteroatoms. The van der Waals surface area contributed by atoms with Crippen LogP contribution in [-0.2, 0) is 10.2 Å². The first-order valence-corrected chi connectivity index (χ1v) is 6.63. The topological polar surface area (TPSA) is 66.8 Å². The number of aromatic hydroxyl groups is 1. The van der Waals surface area contributed by atoms with Crippen molar-refractivity contribution in [1.29, 1.82) is 0 Å². The Bertz CT molecular complexity index is 487. The normalized spacial score (nSPS) is 18.0. The number of carboxylic acids is 1. The van der Waals surface area contributed by atoms with Crippen LogP contribution in [0.15, 0.2) is 12.1 Å². The molecule has 19 heavy (non-hydrogen) atoms. The molecule has 0 bridgehead atoms. The zero-order valence-electron chi connectivity index (χ0n) is 11.4. The van der Waals surface area contributed by atoms with Gasteiger partial charge in [0.1, 0.15) is 0 Å². The van der Waals surface area contributed by atoms with E-state index in [2.05, 4.69) is 0 Å². The van der Waals surface area contributed by atoms with Crippen molar-refractivity contribution in [1.82, 2.24) is 0 Å². The second-order valence-corrected chi connectivity index (χ2v) is 5.31. The van der Waals surface area contributed by atoms with Crippen LogP contribution < -0.4 is 4.74 Å². The van der Waals surface area contributed by atoms with Crippen molar-refractivity contribution in [2.45, 2.75) is 44.4 Å². The van der Waals surface area contributed by atoms with Crippen LogP contribution in [0.3, 0.4) is 0 Å². The van der Waals surface area contributed by atoms with E-state index in [1.165, 1.54) is 7.11 Å². The number of ether oxygens (including phenoxy) is 1. The average Bonchev–Trinajstić information content (AvgIpc) is 2.41. The Kier molecular flexibility index (Phi) is 3.69. The summed E-state index contributed by atoms with van der Waals surface area (Å²) in [4.78, 5) is 11.8. The van der Waals surface area contributed by atoms with Crippen LogP contribution in [0, 0.1) is 6.92 Å². The van der Waals surface area contributed by atoms with Gasteiger partial charge in [0.2, 0.25) is 0 Å². The number of carbonyl (C=O) groups is 1.